The second-order valence-electron chi connectivity index (χ2n) is 4.20. The van der Waals surface area contributed by atoms with E-state index >= 15 is 0 Å². The number of fused-ring (bicyclic) bond motifs is 1. The molecule has 7 heteroatoms. The average molecular weight is 250 g/mol. The lowest BCUT2D eigenvalue weighted by Gasteiger charge is -2.29. The molecule has 1 aliphatic heterocycles. The molecule has 2 aromatic heterocycles. The number of rotatable bonds is 1. The Hall–Kier alpha value is -1.31. The van der Waals surface area contributed by atoms with E-state index in [1.807, 2.05) is 19.2 Å². The van der Waals surface area contributed by atoms with Crippen LogP contribution in [-0.2, 0) is 6.54 Å². The minimum Gasteiger partial charge on any atom is -0.307 e. The van der Waals surface area contributed by atoms with Gasteiger partial charge in [-0.3, -0.25) is 5.84 Å². The Morgan fingerprint density at radius 1 is 1.41 bits per heavy atom. The topological polar surface area (TPSA) is 72.9 Å². The molecule has 1 aliphatic rings. The molecule has 3 rings (SSSR count). The standard InChI is InChI=1S/C10H14N6S/c1-6-9-13-14-10(8-5-17-7(2)12-8)15(9)3-4-16(6)11/h5-6H,3-4,11H2,1-2H3/t6-/m0/s1. The highest BCUT2D eigenvalue weighted by Gasteiger charge is 2.27. The molecule has 3 heterocycles. The molecular formula is C10H14N6S. The summed E-state index contributed by atoms with van der Waals surface area (Å²) in [7, 11) is 0. The van der Waals surface area contributed by atoms with Gasteiger partial charge in [0.05, 0.1) is 11.0 Å². The highest BCUT2D eigenvalue weighted by atomic mass is 32.1. The van der Waals surface area contributed by atoms with Gasteiger partial charge in [0.25, 0.3) is 0 Å². The van der Waals surface area contributed by atoms with Crippen molar-refractivity contribution < 1.29 is 0 Å². The average Bonchev–Trinajstić information content (AvgIpc) is 2.89. The zero-order chi connectivity index (χ0) is 12.0. The van der Waals surface area contributed by atoms with Crippen LogP contribution in [0.1, 0.15) is 23.8 Å². The summed E-state index contributed by atoms with van der Waals surface area (Å²) in [6.45, 7) is 5.65. The molecule has 17 heavy (non-hydrogen) atoms. The number of hydrogen-bond acceptors (Lipinski definition) is 6. The summed E-state index contributed by atoms with van der Waals surface area (Å²) in [4.78, 5) is 4.46. The van der Waals surface area contributed by atoms with Crippen molar-refractivity contribution in [3.05, 3.63) is 16.2 Å². The molecule has 0 saturated heterocycles. The maximum atomic E-state index is 5.88. The molecule has 1 atom stereocenters. The van der Waals surface area contributed by atoms with Crippen molar-refractivity contribution in [3.8, 4) is 11.5 Å². The van der Waals surface area contributed by atoms with Crippen LogP contribution in [0.4, 0.5) is 0 Å². The van der Waals surface area contributed by atoms with E-state index in [9.17, 15) is 0 Å². The van der Waals surface area contributed by atoms with Gasteiger partial charge in [-0.2, -0.15) is 0 Å². The van der Waals surface area contributed by atoms with Crippen molar-refractivity contribution in [3.63, 3.8) is 0 Å². The van der Waals surface area contributed by atoms with E-state index in [-0.39, 0.29) is 6.04 Å². The van der Waals surface area contributed by atoms with E-state index in [0.717, 1.165) is 35.4 Å². The number of hydrogen-bond donors (Lipinski definition) is 1. The van der Waals surface area contributed by atoms with E-state index in [4.69, 9.17) is 5.84 Å². The highest BCUT2D eigenvalue weighted by molar-refractivity contribution is 7.09. The second-order valence-corrected chi connectivity index (χ2v) is 5.26. The zero-order valence-corrected chi connectivity index (χ0v) is 10.6. The highest BCUT2D eigenvalue weighted by Crippen LogP contribution is 2.26. The number of aryl methyl sites for hydroxylation is 1. The molecule has 0 amide bonds. The van der Waals surface area contributed by atoms with Gasteiger partial charge in [0, 0.05) is 18.5 Å². The molecule has 2 N–H and O–H groups in total. The third kappa shape index (κ3) is 1.67. The van der Waals surface area contributed by atoms with Gasteiger partial charge in [-0.15, -0.1) is 21.5 Å². The van der Waals surface area contributed by atoms with Crippen LogP contribution in [0.5, 0.6) is 0 Å². The summed E-state index contributed by atoms with van der Waals surface area (Å²) in [6.07, 6.45) is 0. The van der Waals surface area contributed by atoms with E-state index in [1.165, 1.54) is 0 Å². The first-order valence-corrected chi connectivity index (χ1v) is 6.41. The molecule has 0 aliphatic carbocycles. The first-order valence-electron chi connectivity index (χ1n) is 5.54. The Morgan fingerprint density at radius 3 is 2.94 bits per heavy atom. The van der Waals surface area contributed by atoms with Crippen molar-refractivity contribution in [2.45, 2.75) is 26.4 Å². The summed E-state index contributed by atoms with van der Waals surface area (Å²) < 4.78 is 2.11. The first-order chi connectivity index (χ1) is 8.16. The van der Waals surface area contributed by atoms with Gasteiger partial charge in [0.15, 0.2) is 11.6 Å². The molecule has 0 fully saturated rings. The maximum Gasteiger partial charge on any atom is 0.183 e. The molecule has 0 unspecified atom stereocenters. The van der Waals surface area contributed by atoms with Crippen LogP contribution in [0, 0.1) is 6.92 Å². The number of nitrogens with two attached hydrogens (primary N) is 1. The lowest BCUT2D eigenvalue weighted by molar-refractivity contribution is 0.168. The molecule has 0 bridgehead atoms. The zero-order valence-electron chi connectivity index (χ0n) is 9.79. The molecular weight excluding hydrogens is 236 g/mol. The predicted molar refractivity (Wildman–Crippen MR) is 65.2 cm³/mol. The summed E-state index contributed by atoms with van der Waals surface area (Å²) in [5.74, 6) is 7.65. The van der Waals surface area contributed by atoms with Crippen LogP contribution in [0.25, 0.3) is 11.5 Å². The summed E-state index contributed by atoms with van der Waals surface area (Å²) in [5.41, 5.74) is 0.906. The van der Waals surface area contributed by atoms with Crippen molar-refractivity contribution in [1.29, 1.82) is 0 Å². The monoisotopic (exact) mass is 250 g/mol. The molecule has 90 valence electrons. The SMILES string of the molecule is Cc1nc(-c2nnc3n2CCN(N)[C@H]3C)cs1. The van der Waals surface area contributed by atoms with Gasteiger partial charge in [0.1, 0.15) is 5.69 Å². The van der Waals surface area contributed by atoms with E-state index in [1.54, 1.807) is 16.3 Å². The largest absolute Gasteiger partial charge is 0.307 e. The van der Waals surface area contributed by atoms with Crippen molar-refractivity contribution in [2.24, 2.45) is 5.84 Å². The van der Waals surface area contributed by atoms with E-state index in [0.29, 0.717) is 0 Å². The fourth-order valence-electron chi connectivity index (χ4n) is 2.06. The first kappa shape index (κ1) is 10.8. The maximum absolute atomic E-state index is 5.88. The number of thiazole rings is 1. The van der Waals surface area contributed by atoms with Crippen molar-refractivity contribution >= 4 is 11.3 Å². The van der Waals surface area contributed by atoms with Crippen LogP contribution in [0.15, 0.2) is 5.38 Å². The lowest BCUT2D eigenvalue weighted by atomic mass is 10.2. The normalized spacial score (nSPS) is 20.5. The third-order valence-corrected chi connectivity index (χ3v) is 3.85. The Balaban J connectivity index is 2.07. The molecule has 0 aromatic carbocycles. The summed E-state index contributed by atoms with van der Waals surface area (Å²) >= 11 is 1.63. The van der Waals surface area contributed by atoms with Crippen molar-refractivity contribution in [1.82, 2.24) is 24.8 Å². The van der Waals surface area contributed by atoms with E-state index < -0.39 is 0 Å². The summed E-state index contributed by atoms with van der Waals surface area (Å²) in [6, 6.07) is 0.102. The van der Waals surface area contributed by atoms with Gasteiger partial charge in [-0.25, -0.2) is 9.99 Å². The summed E-state index contributed by atoms with van der Waals surface area (Å²) in [5, 5.41) is 13.3. The Labute approximate surface area is 103 Å². The number of nitrogens with zero attached hydrogens (tertiary/aromatic N) is 5. The Kier molecular flexibility index (Phi) is 2.46. The minimum absolute atomic E-state index is 0.102. The van der Waals surface area contributed by atoms with Crippen LogP contribution < -0.4 is 5.84 Å². The quantitative estimate of drug-likeness (QED) is 0.763. The molecule has 6 nitrogen and oxygen atoms in total. The van der Waals surface area contributed by atoms with Gasteiger partial charge in [0.2, 0.25) is 0 Å². The van der Waals surface area contributed by atoms with E-state index in [2.05, 4.69) is 19.7 Å². The molecule has 0 saturated carbocycles. The fourth-order valence-corrected chi connectivity index (χ4v) is 2.65. The van der Waals surface area contributed by atoms with Crippen LogP contribution in [-0.4, -0.2) is 31.3 Å². The van der Waals surface area contributed by atoms with Crippen LogP contribution >= 0.6 is 11.3 Å². The van der Waals surface area contributed by atoms with Gasteiger partial charge < -0.3 is 4.57 Å². The smallest absolute Gasteiger partial charge is 0.183 e. The second kappa shape index (κ2) is 3.86. The molecule has 0 radical (unpaired) electrons. The Morgan fingerprint density at radius 2 is 2.24 bits per heavy atom. The molecule has 0 spiro atoms. The van der Waals surface area contributed by atoms with Gasteiger partial charge in [-0.05, 0) is 13.8 Å². The Bertz CT molecular complexity index is 545. The minimum atomic E-state index is 0.102. The number of hydrazine groups is 1. The van der Waals surface area contributed by atoms with Crippen LogP contribution in [0.2, 0.25) is 0 Å². The number of aromatic nitrogens is 4. The third-order valence-electron chi connectivity index (χ3n) is 3.08. The van der Waals surface area contributed by atoms with Gasteiger partial charge >= 0.3 is 0 Å². The van der Waals surface area contributed by atoms with Crippen molar-refractivity contribution in [2.75, 3.05) is 6.54 Å². The predicted octanol–water partition coefficient (Wildman–Crippen LogP) is 0.960. The lowest BCUT2D eigenvalue weighted by Crippen LogP contribution is -2.41. The fraction of sp³-hybridized carbons (Fsp3) is 0.500. The molecule has 2 aromatic rings. The van der Waals surface area contributed by atoms with Crippen LogP contribution in [0.3, 0.4) is 0 Å². The van der Waals surface area contributed by atoms with Gasteiger partial charge in [-0.1, -0.05) is 0 Å².